The third-order valence-electron chi connectivity index (χ3n) is 5.64. The summed E-state index contributed by atoms with van der Waals surface area (Å²) in [6.07, 6.45) is 0. The fraction of sp³-hybridized carbons (Fsp3) is 0.222. The summed E-state index contributed by atoms with van der Waals surface area (Å²) in [6.45, 7) is 2.91. The molecule has 0 aliphatic carbocycles. The van der Waals surface area contributed by atoms with Crippen LogP contribution in [0.2, 0.25) is 0 Å². The number of nitrogens with two attached hydrogens (primary N) is 1. The second kappa shape index (κ2) is 12.3. The molecule has 0 saturated heterocycles. The van der Waals surface area contributed by atoms with Crippen molar-refractivity contribution in [2.45, 2.75) is 13.5 Å². The average Bonchev–Trinajstić information content (AvgIpc) is 2.90. The van der Waals surface area contributed by atoms with E-state index in [9.17, 15) is 9.59 Å². The van der Waals surface area contributed by atoms with Crippen LogP contribution < -0.4 is 31.2 Å². The maximum atomic E-state index is 12.9. The smallest absolute Gasteiger partial charge is 0.251 e. The first-order valence-electron chi connectivity index (χ1n) is 11.4. The summed E-state index contributed by atoms with van der Waals surface area (Å²) in [4.78, 5) is 25.1. The quantitative estimate of drug-likeness (QED) is 0.159. The van der Waals surface area contributed by atoms with Gasteiger partial charge in [-0.2, -0.15) is 0 Å². The third kappa shape index (κ3) is 6.53. The highest BCUT2D eigenvalue weighted by Gasteiger charge is 2.14. The van der Waals surface area contributed by atoms with E-state index >= 15 is 0 Å². The van der Waals surface area contributed by atoms with Crippen LogP contribution in [0.15, 0.2) is 60.7 Å². The Balaban J connectivity index is 1.67. The molecule has 0 aliphatic rings. The Morgan fingerprint density at radius 1 is 0.833 bits per heavy atom. The molecule has 0 heterocycles. The van der Waals surface area contributed by atoms with Crippen molar-refractivity contribution < 1.29 is 19.1 Å². The van der Waals surface area contributed by atoms with E-state index in [0.717, 1.165) is 11.1 Å². The molecule has 2 amide bonds. The molecule has 0 aliphatic heterocycles. The van der Waals surface area contributed by atoms with Gasteiger partial charge in [0.25, 0.3) is 11.8 Å². The second-order valence-electron chi connectivity index (χ2n) is 8.02. The number of benzene rings is 3. The Labute approximate surface area is 210 Å². The minimum absolute atomic E-state index is 0.0649. The fourth-order valence-electron chi connectivity index (χ4n) is 3.62. The molecule has 3 aromatic carbocycles. The van der Waals surface area contributed by atoms with Crippen LogP contribution in [0.3, 0.4) is 0 Å². The van der Waals surface area contributed by atoms with Crippen LogP contribution in [-0.4, -0.2) is 45.0 Å². The lowest BCUT2D eigenvalue weighted by molar-refractivity contribution is 0.0944. The highest BCUT2D eigenvalue weighted by molar-refractivity contribution is 5.97. The average molecular weight is 490 g/mol. The summed E-state index contributed by atoms with van der Waals surface area (Å²) in [5, 5.41) is 16.8. The molecule has 0 radical (unpaired) electrons. The highest BCUT2D eigenvalue weighted by atomic mass is 16.5. The van der Waals surface area contributed by atoms with Crippen molar-refractivity contribution in [3.8, 4) is 11.5 Å². The lowest BCUT2D eigenvalue weighted by Gasteiger charge is -2.16. The topological polar surface area (TPSA) is 139 Å². The van der Waals surface area contributed by atoms with Gasteiger partial charge in [-0.15, -0.1) is 0 Å². The van der Waals surface area contributed by atoms with E-state index in [0.29, 0.717) is 47.0 Å². The highest BCUT2D eigenvalue weighted by Crippen LogP contribution is 2.29. The summed E-state index contributed by atoms with van der Waals surface area (Å²) >= 11 is 0. The van der Waals surface area contributed by atoms with E-state index in [4.69, 9.17) is 20.6 Å². The molecule has 9 heteroatoms. The maximum absolute atomic E-state index is 12.9. The molecule has 0 saturated carbocycles. The zero-order valence-corrected chi connectivity index (χ0v) is 20.6. The molecule has 0 bridgehead atoms. The molecule has 0 aromatic heterocycles. The number of nitrogens with one attached hydrogen (secondary N) is 4. The minimum atomic E-state index is -0.289. The lowest BCUT2D eigenvalue weighted by atomic mass is 10.1. The van der Waals surface area contributed by atoms with Crippen LogP contribution in [-0.2, 0) is 6.54 Å². The van der Waals surface area contributed by atoms with Gasteiger partial charge in [-0.05, 0) is 42.8 Å². The maximum Gasteiger partial charge on any atom is 0.251 e. The molecule has 0 spiro atoms. The van der Waals surface area contributed by atoms with Gasteiger partial charge in [0.05, 0.1) is 14.2 Å². The van der Waals surface area contributed by atoms with E-state index in [2.05, 4.69) is 16.0 Å². The molecule has 0 atom stereocenters. The molecule has 6 N–H and O–H groups in total. The summed E-state index contributed by atoms with van der Waals surface area (Å²) in [5.74, 6) is 0.606. The first kappa shape index (κ1) is 26.1. The van der Waals surface area contributed by atoms with Gasteiger partial charge in [0.2, 0.25) is 0 Å². The standard InChI is InChI=1S/C27H31N5O4/c1-17-23(35-2)14-21(15-24(17)36-3)27(34)32-16-20-10-9-19(25(28)29)13-22(20)30-11-12-31-26(33)18-7-5-4-6-8-18/h4-10,13-15,30H,11-12,16H2,1-3H3,(H3,28,29)(H,31,33)(H,32,34). The summed E-state index contributed by atoms with van der Waals surface area (Å²) in [6, 6.07) is 17.6. The Bertz CT molecular complexity index is 1220. The van der Waals surface area contributed by atoms with Crippen LogP contribution in [0.4, 0.5) is 5.69 Å². The van der Waals surface area contributed by atoms with E-state index in [1.165, 1.54) is 0 Å². The number of methoxy groups -OCH3 is 2. The van der Waals surface area contributed by atoms with Crippen molar-refractivity contribution in [3.05, 3.63) is 88.5 Å². The van der Waals surface area contributed by atoms with Crippen molar-refractivity contribution in [2.24, 2.45) is 5.73 Å². The zero-order chi connectivity index (χ0) is 26.1. The van der Waals surface area contributed by atoms with Gasteiger partial charge < -0.3 is 31.2 Å². The Hall–Kier alpha value is -4.53. The van der Waals surface area contributed by atoms with Crippen molar-refractivity contribution >= 4 is 23.3 Å². The number of hydrogen-bond acceptors (Lipinski definition) is 6. The number of amides is 2. The van der Waals surface area contributed by atoms with E-state index in [-0.39, 0.29) is 24.2 Å². The summed E-state index contributed by atoms with van der Waals surface area (Å²) in [5.41, 5.74) is 9.52. The first-order valence-corrected chi connectivity index (χ1v) is 11.4. The molecule has 0 unspecified atom stereocenters. The monoisotopic (exact) mass is 489 g/mol. The summed E-state index contributed by atoms with van der Waals surface area (Å²) in [7, 11) is 3.08. The largest absolute Gasteiger partial charge is 0.496 e. The van der Waals surface area contributed by atoms with E-state index in [1.807, 2.05) is 25.1 Å². The van der Waals surface area contributed by atoms with Crippen molar-refractivity contribution in [2.75, 3.05) is 32.6 Å². The molecule has 188 valence electrons. The number of nitrogen functional groups attached to an aromatic ring is 1. The number of carbonyl (C=O) groups is 2. The van der Waals surface area contributed by atoms with E-state index < -0.39 is 0 Å². The number of hydrogen-bond donors (Lipinski definition) is 5. The van der Waals surface area contributed by atoms with Gasteiger partial charge in [-0.25, -0.2) is 0 Å². The number of anilines is 1. The molecule has 3 aromatic rings. The SMILES string of the molecule is COc1cc(C(=O)NCc2ccc(C(=N)N)cc2NCCNC(=O)c2ccccc2)cc(OC)c1C. The van der Waals surface area contributed by atoms with Crippen molar-refractivity contribution in [1.29, 1.82) is 5.41 Å². The van der Waals surface area contributed by atoms with Crippen molar-refractivity contribution in [1.82, 2.24) is 10.6 Å². The normalized spacial score (nSPS) is 10.3. The van der Waals surface area contributed by atoms with Gasteiger partial charge in [-0.3, -0.25) is 15.0 Å². The second-order valence-corrected chi connectivity index (χ2v) is 8.02. The van der Waals surface area contributed by atoms with Gasteiger partial charge in [0.15, 0.2) is 0 Å². The van der Waals surface area contributed by atoms with Crippen LogP contribution in [0.5, 0.6) is 11.5 Å². The van der Waals surface area contributed by atoms with Gasteiger partial charge in [0.1, 0.15) is 17.3 Å². The Morgan fingerprint density at radius 3 is 2.08 bits per heavy atom. The number of ether oxygens (including phenoxy) is 2. The number of rotatable bonds is 11. The van der Waals surface area contributed by atoms with Crippen LogP contribution in [0, 0.1) is 12.3 Å². The zero-order valence-electron chi connectivity index (χ0n) is 20.6. The molecule has 0 fully saturated rings. The third-order valence-corrected chi connectivity index (χ3v) is 5.64. The predicted octanol–water partition coefficient (Wildman–Crippen LogP) is 3.07. The minimum Gasteiger partial charge on any atom is -0.496 e. The van der Waals surface area contributed by atoms with Crippen LogP contribution >= 0.6 is 0 Å². The lowest BCUT2D eigenvalue weighted by Crippen LogP contribution is -2.29. The molecule has 9 nitrogen and oxygen atoms in total. The fourth-order valence-corrected chi connectivity index (χ4v) is 3.62. The molecular formula is C27H31N5O4. The van der Waals surface area contributed by atoms with Gasteiger partial charge >= 0.3 is 0 Å². The van der Waals surface area contributed by atoms with Crippen LogP contribution in [0.1, 0.15) is 37.4 Å². The van der Waals surface area contributed by atoms with Gasteiger partial charge in [-0.1, -0.05) is 30.3 Å². The van der Waals surface area contributed by atoms with Crippen molar-refractivity contribution in [3.63, 3.8) is 0 Å². The van der Waals surface area contributed by atoms with Crippen LogP contribution in [0.25, 0.3) is 0 Å². The molecule has 36 heavy (non-hydrogen) atoms. The molecule has 3 rings (SSSR count). The number of carbonyl (C=O) groups excluding carboxylic acids is 2. The Morgan fingerprint density at radius 2 is 1.47 bits per heavy atom. The van der Waals surface area contributed by atoms with E-state index in [1.54, 1.807) is 56.7 Å². The number of amidine groups is 1. The Kier molecular flexibility index (Phi) is 8.88. The first-order chi connectivity index (χ1) is 17.3. The van der Waals surface area contributed by atoms with Gasteiger partial charge in [0, 0.05) is 47.6 Å². The molecular weight excluding hydrogens is 458 g/mol. The predicted molar refractivity (Wildman–Crippen MR) is 140 cm³/mol. The summed E-state index contributed by atoms with van der Waals surface area (Å²) < 4.78 is 10.7.